The molecule has 0 saturated heterocycles. The summed E-state index contributed by atoms with van der Waals surface area (Å²) in [4.78, 5) is 8.98. The first-order valence-corrected chi connectivity index (χ1v) is 8.45. The number of aromatic nitrogens is 3. The molecule has 0 aliphatic carbocycles. The van der Waals surface area contributed by atoms with Crippen molar-refractivity contribution in [2.24, 2.45) is 0 Å². The predicted molar refractivity (Wildman–Crippen MR) is 98.2 cm³/mol. The van der Waals surface area contributed by atoms with Gasteiger partial charge in [-0.05, 0) is 29.8 Å². The number of imidazole rings is 1. The Morgan fingerprint density at radius 1 is 0.923 bits per heavy atom. The first kappa shape index (κ1) is 16.5. The third-order valence-electron chi connectivity index (χ3n) is 4.07. The number of halogens is 1. The van der Waals surface area contributed by atoms with Crippen molar-refractivity contribution in [2.75, 3.05) is 26.5 Å². The predicted octanol–water partition coefficient (Wildman–Crippen LogP) is 3.91. The van der Waals surface area contributed by atoms with Gasteiger partial charge in [-0.3, -0.25) is 4.40 Å². The van der Waals surface area contributed by atoms with E-state index in [0.29, 0.717) is 19.0 Å². The fourth-order valence-corrected chi connectivity index (χ4v) is 2.82. The molecule has 132 valence electrons. The minimum Gasteiger partial charge on any atom is -0.491 e. The van der Waals surface area contributed by atoms with E-state index < -0.39 is 6.67 Å². The Labute approximate surface area is 150 Å². The van der Waals surface area contributed by atoms with E-state index in [1.807, 2.05) is 65.3 Å². The molecule has 0 bridgehead atoms. The number of ether oxygens (including phenoxy) is 2. The first-order chi connectivity index (χ1) is 12.8. The molecule has 2 aromatic heterocycles. The maximum absolute atomic E-state index is 11.9. The summed E-state index contributed by atoms with van der Waals surface area (Å²) in [6, 6.07) is 15.8. The van der Waals surface area contributed by atoms with Crippen LogP contribution in [0, 0.1) is 0 Å². The molecular weight excluding hydrogens is 333 g/mol. The number of benzene rings is 2. The van der Waals surface area contributed by atoms with Gasteiger partial charge in [0.2, 0.25) is 5.78 Å². The van der Waals surface area contributed by atoms with Gasteiger partial charge < -0.3 is 9.47 Å². The summed E-state index contributed by atoms with van der Waals surface area (Å²) < 4.78 is 24.6. The molecule has 0 fully saturated rings. The van der Waals surface area contributed by atoms with Crippen molar-refractivity contribution in [1.82, 2.24) is 14.4 Å². The molecule has 0 amide bonds. The minimum absolute atomic E-state index is 0.112. The van der Waals surface area contributed by atoms with E-state index in [1.54, 1.807) is 0 Å². The van der Waals surface area contributed by atoms with Gasteiger partial charge in [0.15, 0.2) is 0 Å². The number of hydrogen-bond acceptors (Lipinski definition) is 4. The van der Waals surface area contributed by atoms with Crippen LogP contribution in [0.1, 0.15) is 0 Å². The molecule has 0 N–H and O–H groups in total. The molecule has 2 heterocycles. The lowest BCUT2D eigenvalue weighted by molar-refractivity contribution is 0.0897. The zero-order valence-electron chi connectivity index (χ0n) is 14.1. The molecular formula is C20H18FN3O2. The van der Waals surface area contributed by atoms with Crippen molar-refractivity contribution in [3.63, 3.8) is 0 Å². The summed E-state index contributed by atoms with van der Waals surface area (Å²) in [6.07, 6.45) is 3.86. The zero-order valence-corrected chi connectivity index (χ0v) is 14.1. The van der Waals surface area contributed by atoms with Gasteiger partial charge in [-0.2, -0.15) is 0 Å². The van der Waals surface area contributed by atoms with Crippen LogP contribution < -0.4 is 4.74 Å². The van der Waals surface area contributed by atoms with Crippen LogP contribution in [-0.2, 0) is 4.74 Å². The summed E-state index contributed by atoms with van der Waals surface area (Å²) >= 11 is 0. The van der Waals surface area contributed by atoms with Crippen LogP contribution in [0.3, 0.4) is 0 Å². The molecule has 5 nitrogen and oxygen atoms in total. The van der Waals surface area contributed by atoms with Crippen LogP contribution in [0.5, 0.6) is 5.75 Å². The maximum Gasteiger partial charge on any atom is 0.234 e. The Kier molecular flexibility index (Phi) is 4.75. The summed E-state index contributed by atoms with van der Waals surface area (Å²) in [6.45, 7) is 0.411. The number of rotatable bonds is 7. The molecule has 26 heavy (non-hydrogen) atoms. The smallest absolute Gasteiger partial charge is 0.234 e. The molecule has 0 unspecified atom stereocenters. The van der Waals surface area contributed by atoms with Crippen LogP contribution in [-0.4, -0.2) is 40.9 Å². The molecule has 0 atom stereocenters. The van der Waals surface area contributed by atoms with Crippen molar-refractivity contribution < 1.29 is 13.9 Å². The largest absolute Gasteiger partial charge is 0.491 e. The van der Waals surface area contributed by atoms with Gasteiger partial charge in [0, 0.05) is 18.0 Å². The molecule has 0 saturated carbocycles. The van der Waals surface area contributed by atoms with Crippen LogP contribution in [0.15, 0.2) is 60.9 Å². The molecule has 0 spiro atoms. The monoisotopic (exact) mass is 351 g/mol. The average Bonchev–Trinajstić information content (AvgIpc) is 3.06. The summed E-state index contributed by atoms with van der Waals surface area (Å²) in [7, 11) is 0. The number of para-hydroxylation sites is 2. The Hall–Kier alpha value is -2.99. The second-order valence-electron chi connectivity index (χ2n) is 5.79. The van der Waals surface area contributed by atoms with Crippen LogP contribution in [0.25, 0.3) is 27.9 Å². The minimum atomic E-state index is -0.473. The normalized spacial score (nSPS) is 11.3. The third-order valence-corrected chi connectivity index (χ3v) is 4.07. The van der Waals surface area contributed by atoms with Crippen molar-refractivity contribution >= 4 is 16.8 Å². The summed E-state index contributed by atoms with van der Waals surface area (Å²) in [5.74, 6) is 1.43. The van der Waals surface area contributed by atoms with Crippen molar-refractivity contribution in [2.45, 2.75) is 0 Å². The number of fused-ring (bicyclic) bond motifs is 3. The molecule has 0 aliphatic rings. The second-order valence-corrected chi connectivity index (χ2v) is 5.79. The van der Waals surface area contributed by atoms with E-state index in [2.05, 4.69) is 9.97 Å². The highest BCUT2D eigenvalue weighted by Crippen LogP contribution is 2.24. The van der Waals surface area contributed by atoms with E-state index in [-0.39, 0.29) is 6.61 Å². The Balaban J connectivity index is 1.52. The molecule has 2 aromatic carbocycles. The van der Waals surface area contributed by atoms with Gasteiger partial charge in [-0.1, -0.05) is 24.3 Å². The lowest BCUT2D eigenvalue weighted by Crippen LogP contribution is -2.08. The number of hydrogen-bond donors (Lipinski definition) is 0. The van der Waals surface area contributed by atoms with Gasteiger partial charge in [0.1, 0.15) is 19.0 Å². The van der Waals surface area contributed by atoms with Crippen LogP contribution in [0.2, 0.25) is 0 Å². The number of nitrogens with zero attached hydrogens (tertiary/aromatic N) is 3. The topological polar surface area (TPSA) is 48.7 Å². The van der Waals surface area contributed by atoms with Crippen molar-refractivity contribution in [1.29, 1.82) is 0 Å². The first-order valence-electron chi connectivity index (χ1n) is 8.45. The lowest BCUT2D eigenvalue weighted by atomic mass is 10.1. The van der Waals surface area contributed by atoms with E-state index in [9.17, 15) is 4.39 Å². The Morgan fingerprint density at radius 3 is 2.62 bits per heavy atom. The highest BCUT2D eigenvalue weighted by molar-refractivity contribution is 5.80. The van der Waals surface area contributed by atoms with Gasteiger partial charge >= 0.3 is 0 Å². The molecule has 6 heteroatoms. The van der Waals surface area contributed by atoms with Gasteiger partial charge in [0.25, 0.3) is 0 Å². The third kappa shape index (κ3) is 3.36. The summed E-state index contributed by atoms with van der Waals surface area (Å²) in [5.41, 5.74) is 4.00. The maximum atomic E-state index is 11.9. The highest BCUT2D eigenvalue weighted by Gasteiger charge is 2.07. The van der Waals surface area contributed by atoms with E-state index in [0.717, 1.165) is 27.9 Å². The Morgan fingerprint density at radius 2 is 1.77 bits per heavy atom. The second kappa shape index (κ2) is 7.49. The SMILES string of the molecule is FCCOCCOc1ccc(-c2cnc3nc4ccccc4n3c2)cc1. The molecule has 0 radical (unpaired) electrons. The van der Waals surface area contributed by atoms with E-state index in [4.69, 9.17) is 9.47 Å². The molecule has 4 rings (SSSR count). The fourth-order valence-electron chi connectivity index (χ4n) is 2.82. The van der Waals surface area contributed by atoms with Gasteiger partial charge in [-0.25, -0.2) is 14.4 Å². The van der Waals surface area contributed by atoms with Crippen molar-refractivity contribution in [3.8, 4) is 16.9 Å². The summed E-state index contributed by atoms with van der Waals surface area (Å²) in [5, 5.41) is 0. The van der Waals surface area contributed by atoms with Crippen LogP contribution in [0.4, 0.5) is 4.39 Å². The standard InChI is InChI=1S/C20H18FN3O2/c21-9-10-25-11-12-26-17-7-5-15(6-8-17)16-13-22-20-23-18-3-1-2-4-19(18)24(20)14-16/h1-8,13-14H,9-12H2. The van der Waals surface area contributed by atoms with E-state index in [1.165, 1.54) is 0 Å². The fraction of sp³-hybridized carbons (Fsp3) is 0.200. The van der Waals surface area contributed by atoms with Crippen LogP contribution >= 0.6 is 0 Å². The average molecular weight is 351 g/mol. The highest BCUT2D eigenvalue weighted by atomic mass is 19.1. The van der Waals surface area contributed by atoms with Gasteiger partial charge in [0.05, 0.1) is 24.2 Å². The quantitative estimate of drug-likeness (QED) is 0.474. The Bertz CT molecular complexity index is 1010. The lowest BCUT2D eigenvalue weighted by Gasteiger charge is -2.08. The number of alkyl halides is 1. The zero-order chi connectivity index (χ0) is 17.8. The molecule has 4 aromatic rings. The van der Waals surface area contributed by atoms with E-state index >= 15 is 0 Å². The molecule has 0 aliphatic heterocycles. The van der Waals surface area contributed by atoms with Crippen molar-refractivity contribution in [3.05, 3.63) is 60.9 Å². The van der Waals surface area contributed by atoms with Gasteiger partial charge in [-0.15, -0.1) is 0 Å².